The highest BCUT2D eigenvalue weighted by Crippen LogP contribution is 2.70. The SMILES string of the molecule is C[C@@H](CO)C1C(C)(C)C1(C)C. The van der Waals surface area contributed by atoms with Crippen molar-refractivity contribution in [1.29, 1.82) is 0 Å². The zero-order valence-electron chi connectivity index (χ0n) is 8.31. The van der Waals surface area contributed by atoms with Crippen molar-refractivity contribution in [2.75, 3.05) is 6.61 Å². The predicted octanol–water partition coefficient (Wildman–Crippen LogP) is 2.30. The minimum Gasteiger partial charge on any atom is -0.396 e. The number of hydrogen-bond donors (Lipinski definition) is 1. The van der Waals surface area contributed by atoms with Crippen molar-refractivity contribution in [3.63, 3.8) is 0 Å². The fourth-order valence-electron chi connectivity index (χ4n) is 2.78. The van der Waals surface area contributed by atoms with E-state index in [1.54, 1.807) is 0 Å². The Morgan fingerprint density at radius 3 is 1.64 bits per heavy atom. The van der Waals surface area contributed by atoms with Crippen LogP contribution in [0.15, 0.2) is 0 Å². The molecule has 0 heterocycles. The third kappa shape index (κ3) is 1.01. The molecule has 66 valence electrons. The van der Waals surface area contributed by atoms with Crippen LogP contribution in [-0.4, -0.2) is 11.7 Å². The van der Waals surface area contributed by atoms with Crippen LogP contribution in [0.2, 0.25) is 0 Å². The van der Waals surface area contributed by atoms with Gasteiger partial charge in [0.1, 0.15) is 0 Å². The summed E-state index contributed by atoms with van der Waals surface area (Å²) in [6.45, 7) is 11.7. The van der Waals surface area contributed by atoms with Crippen LogP contribution in [0.3, 0.4) is 0 Å². The maximum absolute atomic E-state index is 9.01. The van der Waals surface area contributed by atoms with Crippen molar-refractivity contribution >= 4 is 0 Å². The van der Waals surface area contributed by atoms with Gasteiger partial charge in [0.05, 0.1) is 0 Å². The monoisotopic (exact) mass is 156 g/mol. The first kappa shape index (κ1) is 9.05. The molecule has 0 aromatic heterocycles. The normalized spacial score (nSPS) is 30.0. The molecule has 0 bridgehead atoms. The lowest BCUT2D eigenvalue weighted by molar-refractivity contribution is 0.205. The second-order valence-electron chi connectivity index (χ2n) is 5.08. The van der Waals surface area contributed by atoms with Gasteiger partial charge in [0, 0.05) is 6.61 Å². The van der Waals surface area contributed by atoms with Crippen molar-refractivity contribution < 1.29 is 5.11 Å². The Kier molecular flexibility index (Phi) is 1.83. The molecule has 1 rings (SSSR count). The van der Waals surface area contributed by atoms with E-state index in [0.717, 1.165) is 0 Å². The van der Waals surface area contributed by atoms with Crippen molar-refractivity contribution in [1.82, 2.24) is 0 Å². The van der Waals surface area contributed by atoms with Crippen molar-refractivity contribution in [2.24, 2.45) is 22.7 Å². The smallest absolute Gasteiger partial charge is 0.0459 e. The largest absolute Gasteiger partial charge is 0.396 e. The highest BCUT2D eigenvalue weighted by atomic mass is 16.3. The van der Waals surface area contributed by atoms with E-state index >= 15 is 0 Å². The molecule has 0 saturated heterocycles. The Morgan fingerprint density at radius 2 is 1.55 bits per heavy atom. The molecule has 1 heteroatoms. The number of hydrogen-bond acceptors (Lipinski definition) is 1. The summed E-state index contributed by atoms with van der Waals surface area (Å²) < 4.78 is 0. The number of rotatable bonds is 2. The molecule has 1 aliphatic carbocycles. The summed E-state index contributed by atoms with van der Waals surface area (Å²) in [5.41, 5.74) is 0.851. The van der Waals surface area contributed by atoms with Crippen LogP contribution in [0, 0.1) is 22.7 Å². The van der Waals surface area contributed by atoms with E-state index in [1.807, 2.05) is 0 Å². The lowest BCUT2D eigenvalue weighted by Crippen LogP contribution is -2.08. The molecule has 0 aromatic rings. The van der Waals surface area contributed by atoms with Crippen LogP contribution in [0.25, 0.3) is 0 Å². The quantitative estimate of drug-likeness (QED) is 0.650. The fourth-order valence-corrected chi connectivity index (χ4v) is 2.78. The molecule has 0 aliphatic heterocycles. The average molecular weight is 156 g/mol. The van der Waals surface area contributed by atoms with Gasteiger partial charge < -0.3 is 5.11 Å². The molecular formula is C10H20O. The van der Waals surface area contributed by atoms with Crippen molar-refractivity contribution in [3.05, 3.63) is 0 Å². The fraction of sp³-hybridized carbons (Fsp3) is 1.00. The van der Waals surface area contributed by atoms with Crippen LogP contribution in [-0.2, 0) is 0 Å². The molecule has 0 radical (unpaired) electrons. The first-order valence-electron chi connectivity index (χ1n) is 4.46. The zero-order chi connectivity index (χ0) is 8.86. The van der Waals surface area contributed by atoms with Gasteiger partial charge in [-0.25, -0.2) is 0 Å². The molecule has 1 N–H and O–H groups in total. The summed E-state index contributed by atoms with van der Waals surface area (Å²) in [5, 5.41) is 9.01. The first-order chi connectivity index (χ1) is 4.85. The highest BCUT2D eigenvalue weighted by molar-refractivity contribution is 5.13. The van der Waals surface area contributed by atoms with E-state index in [-0.39, 0.29) is 0 Å². The molecule has 1 fully saturated rings. The van der Waals surface area contributed by atoms with Crippen molar-refractivity contribution in [2.45, 2.75) is 34.6 Å². The van der Waals surface area contributed by atoms with Gasteiger partial charge in [-0.1, -0.05) is 34.6 Å². The second-order valence-corrected chi connectivity index (χ2v) is 5.08. The minimum absolute atomic E-state index is 0.331. The summed E-state index contributed by atoms with van der Waals surface area (Å²) in [4.78, 5) is 0. The molecule has 1 aliphatic rings. The summed E-state index contributed by atoms with van der Waals surface area (Å²) in [5.74, 6) is 1.15. The Balaban J connectivity index is 2.67. The van der Waals surface area contributed by atoms with E-state index in [0.29, 0.717) is 29.3 Å². The molecule has 1 atom stereocenters. The predicted molar refractivity (Wildman–Crippen MR) is 47.3 cm³/mol. The molecule has 0 unspecified atom stereocenters. The zero-order valence-corrected chi connectivity index (χ0v) is 8.31. The van der Waals surface area contributed by atoms with Gasteiger partial charge in [-0.05, 0) is 22.7 Å². The van der Waals surface area contributed by atoms with E-state index in [2.05, 4.69) is 34.6 Å². The van der Waals surface area contributed by atoms with Gasteiger partial charge in [0.25, 0.3) is 0 Å². The lowest BCUT2D eigenvalue weighted by Gasteiger charge is -2.08. The Labute approximate surface area is 69.8 Å². The van der Waals surface area contributed by atoms with Crippen LogP contribution in [0.4, 0.5) is 0 Å². The second kappa shape index (κ2) is 2.22. The first-order valence-corrected chi connectivity index (χ1v) is 4.46. The van der Waals surface area contributed by atoms with E-state index in [4.69, 9.17) is 5.11 Å². The van der Waals surface area contributed by atoms with Crippen molar-refractivity contribution in [3.8, 4) is 0 Å². The molecule has 0 aromatic carbocycles. The van der Waals surface area contributed by atoms with Crippen LogP contribution >= 0.6 is 0 Å². The van der Waals surface area contributed by atoms with Gasteiger partial charge in [-0.2, -0.15) is 0 Å². The maximum atomic E-state index is 9.01. The van der Waals surface area contributed by atoms with Gasteiger partial charge in [-0.15, -0.1) is 0 Å². The minimum atomic E-state index is 0.331. The maximum Gasteiger partial charge on any atom is 0.0459 e. The molecule has 0 amide bonds. The Hall–Kier alpha value is -0.0400. The van der Waals surface area contributed by atoms with Crippen LogP contribution in [0.5, 0.6) is 0 Å². The van der Waals surface area contributed by atoms with Gasteiger partial charge >= 0.3 is 0 Å². The average Bonchev–Trinajstić information content (AvgIpc) is 2.24. The molecule has 1 nitrogen and oxygen atoms in total. The lowest BCUT2D eigenvalue weighted by atomic mass is 10.00. The summed E-state index contributed by atoms with van der Waals surface area (Å²) in [7, 11) is 0. The van der Waals surface area contributed by atoms with Crippen LogP contribution in [0.1, 0.15) is 34.6 Å². The molecule has 11 heavy (non-hydrogen) atoms. The van der Waals surface area contributed by atoms with Crippen LogP contribution < -0.4 is 0 Å². The van der Waals surface area contributed by atoms with Gasteiger partial charge in [0.2, 0.25) is 0 Å². The summed E-state index contributed by atoms with van der Waals surface area (Å²) >= 11 is 0. The molecular weight excluding hydrogens is 136 g/mol. The van der Waals surface area contributed by atoms with E-state index in [9.17, 15) is 0 Å². The standard InChI is InChI=1S/C10H20O/c1-7(6-11)8-9(2,3)10(8,4)5/h7-8,11H,6H2,1-5H3/t7-/m0/s1. The third-order valence-corrected chi connectivity index (χ3v) is 3.99. The molecule has 0 spiro atoms. The molecule has 1 saturated carbocycles. The van der Waals surface area contributed by atoms with E-state index < -0.39 is 0 Å². The Bertz CT molecular complexity index is 144. The summed E-state index contributed by atoms with van der Waals surface area (Å²) in [6, 6.07) is 0. The topological polar surface area (TPSA) is 20.2 Å². The third-order valence-electron chi connectivity index (χ3n) is 3.99. The summed E-state index contributed by atoms with van der Waals surface area (Å²) in [6.07, 6.45) is 0. The van der Waals surface area contributed by atoms with Gasteiger partial charge in [0.15, 0.2) is 0 Å². The number of aliphatic hydroxyl groups excluding tert-OH is 1. The highest BCUT2D eigenvalue weighted by Gasteiger charge is 2.65. The Morgan fingerprint density at radius 1 is 1.18 bits per heavy atom. The van der Waals surface area contributed by atoms with E-state index in [1.165, 1.54) is 0 Å². The number of aliphatic hydroxyl groups is 1. The van der Waals surface area contributed by atoms with Gasteiger partial charge in [-0.3, -0.25) is 0 Å².